The molecule has 14 heavy (non-hydrogen) atoms. The Morgan fingerprint density at radius 3 is 2.79 bits per heavy atom. The molecule has 0 aliphatic carbocycles. The lowest BCUT2D eigenvalue weighted by Crippen LogP contribution is -2.25. The first-order valence-electron chi connectivity index (χ1n) is 4.44. The molecule has 4 heteroatoms. The van der Waals surface area contributed by atoms with Crippen molar-refractivity contribution in [3.8, 4) is 0 Å². The number of hydrogen-bond acceptors (Lipinski definition) is 2. The van der Waals surface area contributed by atoms with Gasteiger partial charge in [-0.15, -0.1) is 0 Å². The molecule has 0 aromatic heterocycles. The van der Waals surface area contributed by atoms with E-state index in [0.717, 1.165) is 4.47 Å². The van der Waals surface area contributed by atoms with E-state index in [1.165, 1.54) is 12.1 Å². The summed E-state index contributed by atoms with van der Waals surface area (Å²) in [5.41, 5.74) is 6.37. The second-order valence-electron chi connectivity index (χ2n) is 3.17. The van der Waals surface area contributed by atoms with Gasteiger partial charge in [0.25, 0.3) is 0 Å². The van der Waals surface area contributed by atoms with Gasteiger partial charge in [-0.3, -0.25) is 0 Å². The molecule has 0 aliphatic rings. The number of aliphatic hydroxyl groups is 1. The molecule has 0 fully saturated rings. The summed E-state index contributed by atoms with van der Waals surface area (Å²) in [7, 11) is 0. The van der Waals surface area contributed by atoms with Gasteiger partial charge in [0, 0.05) is 4.47 Å². The average Bonchev–Trinajstić information content (AvgIpc) is 2.19. The SMILES string of the molecule is CC[C@H](O)[C@H](N)c1cc(F)ccc1Br. The van der Waals surface area contributed by atoms with Crippen molar-refractivity contribution in [3.63, 3.8) is 0 Å². The van der Waals surface area contributed by atoms with E-state index in [2.05, 4.69) is 15.9 Å². The van der Waals surface area contributed by atoms with E-state index >= 15 is 0 Å². The van der Waals surface area contributed by atoms with Gasteiger partial charge in [-0.05, 0) is 30.2 Å². The number of rotatable bonds is 3. The third-order valence-electron chi connectivity index (χ3n) is 2.15. The van der Waals surface area contributed by atoms with Gasteiger partial charge < -0.3 is 10.8 Å². The highest BCUT2D eigenvalue weighted by molar-refractivity contribution is 9.10. The Morgan fingerprint density at radius 2 is 2.21 bits per heavy atom. The summed E-state index contributed by atoms with van der Waals surface area (Å²) in [6, 6.07) is 3.73. The fourth-order valence-electron chi connectivity index (χ4n) is 1.23. The highest BCUT2D eigenvalue weighted by atomic mass is 79.9. The Hall–Kier alpha value is -0.450. The van der Waals surface area contributed by atoms with Crippen LogP contribution < -0.4 is 5.73 Å². The van der Waals surface area contributed by atoms with Crippen LogP contribution in [0.3, 0.4) is 0 Å². The van der Waals surface area contributed by atoms with Crippen LogP contribution in [0.1, 0.15) is 24.9 Å². The van der Waals surface area contributed by atoms with Crippen molar-refractivity contribution in [2.45, 2.75) is 25.5 Å². The van der Waals surface area contributed by atoms with Crippen molar-refractivity contribution in [1.82, 2.24) is 0 Å². The van der Waals surface area contributed by atoms with Crippen molar-refractivity contribution >= 4 is 15.9 Å². The molecule has 78 valence electrons. The Labute approximate surface area is 91.1 Å². The normalized spacial score (nSPS) is 15.2. The fourth-order valence-corrected chi connectivity index (χ4v) is 1.74. The molecule has 0 unspecified atom stereocenters. The summed E-state index contributed by atoms with van der Waals surface area (Å²) < 4.78 is 13.6. The molecule has 0 aliphatic heterocycles. The van der Waals surface area contributed by atoms with E-state index in [1.54, 1.807) is 6.07 Å². The summed E-state index contributed by atoms with van der Waals surface area (Å²) in [6.45, 7) is 1.83. The lowest BCUT2D eigenvalue weighted by Gasteiger charge is -2.18. The monoisotopic (exact) mass is 261 g/mol. The summed E-state index contributed by atoms with van der Waals surface area (Å²) in [5, 5.41) is 9.53. The Kier molecular flexibility index (Phi) is 4.04. The zero-order chi connectivity index (χ0) is 10.7. The molecule has 2 nitrogen and oxygen atoms in total. The third-order valence-corrected chi connectivity index (χ3v) is 2.87. The molecule has 0 bridgehead atoms. The average molecular weight is 262 g/mol. The number of benzene rings is 1. The molecule has 0 heterocycles. The van der Waals surface area contributed by atoms with Gasteiger partial charge in [0.1, 0.15) is 5.82 Å². The Balaban J connectivity index is 2.99. The van der Waals surface area contributed by atoms with Crippen LogP contribution in [0, 0.1) is 5.82 Å². The standard InChI is InChI=1S/C10H13BrFNO/c1-2-9(14)10(13)7-5-6(12)3-4-8(7)11/h3-5,9-10,14H,2,13H2,1H3/t9-,10+/m0/s1. The van der Waals surface area contributed by atoms with Crippen LogP contribution in [0.15, 0.2) is 22.7 Å². The van der Waals surface area contributed by atoms with Crippen molar-refractivity contribution < 1.29 is 9.50 Å². The summed E-state index contributed by atoms with van der Waals surface area (Å²) in [4.78, 5) is 0. The molecule has 0 saturated carbocycles. The minimum atomic E-state index is -0.645. The van der Waals surface area contributed by atoms with E-state index < -0.39 is 12.1 Å². The largest absolute Gasteiger partial charge is 0.391 e. The lowest BCUT2D eigenvalue weighted by molar-refractivity contribution is 0.140. The number of halogens is 2. The van der Waals surface area contributed by atoms with Gasteiger partial charge in [0.15, 0.2) is 0 Å². The highest BCUT2D eigenvalue weighted by Gasteiger charge is 2.17. The van der Waals surface area contributed by atoms with Crippen molar-refractivity contribution in [2.24, 2.45) is 5.73 Å². The highest BCUT2D eigenvalue weighted by Crippen LogP contribution is 2.25. The maximum absolute atomic E-state index is 12.9. The zero-order valence-electron chi connectivity index (χ0n) is 7.87. The van der Waals surface area contributed by atoms with E-state index in [-0.39, 0.29) is 5.82 Å². The predicted molar refractivity (Wildman–Crippen MR) is 57.3 cm³/mol. The summed E-state index contributed by atoms with van der Waals surface area (Å²) in [6.07, 6.45) is -0.0995. The van der Waals surface area contributed by atoms with Gasteiger partial charge in [0.2, 0.25) is 0 Å². The molecular formula is C10H13BrFNO. The molecule has 0 saturated heterocycles. The zero-order valence-corrected chi connectivity index (χ0v) is 9.46. The number of hydrogen-bond donors (Lipinski definition) is 2. The first-order valence-corrected chi connectivity index (χ1v) is 5.24. The van der Waals surface area contributed by atoms with Gasteiger partial charge in [-0.2, -0.15) is 0 Å². The van der Waals surface area contributed by atoms with E-state index in [0.29, 0.717) is 12.0 Å². The molecule has 1 aromatic rings. The van der Waals surface area contributed by atoms with Crippen LogP contribution >= 0.6 is 15.9 Å². The van der Waals surface area contributed by atoms with Crippen LogP contribution in [0.4, 0.5) is 4.39 Å². The maximum atomic E-state index is 12.9. The first kappa shape index (κ1) is 11.6. The molecule has 1 aromatic carbocycles. The van der Waals surface area contributed by atoms with Gasteiger partial charge in [-0.25, -0.2) is 4.39 Å². The van der Waals surface area contributed by atoms with E-state index in [4.69, 9.17) is 5.73 Å². The van der Waals surface area contributed by atoms with Crippen molar-refractivity contribution in [2.75, 3.05) is 0 Å². The van der Waals surface area contributed by atoms with E-state index in [9.17, 15) is 9.50 Å². The van der Waals surface area contributed by atoms with Crippen LogP contribution in [-0.4, -0.2) is 11.2 Å². The van der Waals surface area contributed by atoms with Crippen LogP contribution in [0.25, 0.3) is 0 Å². The fraction of sp³-hybridized carbons (Fsp3) is 0.400. The quantitative estimate of drug-likeness (QED) is 0.878. The second kappa shape index (κ2) is 4.87. The second-order valence-corrected chi connectivity index (χ2v) is 4.02. The molecule has 0 amide bonds. The smallest absolute Gasteiger partial charge is 0.123 e. The van der Waals surface area contributed by atoms with Gasteiger partial charge in [0.05, 0.1) is 12.1 Å². The molecule has 3 N–H and O–H groups in total. The molecule has 2 atom stereocenters. The van der Waals surface area contributed by atoms with Gasteiger partial charge >= 0.3 is 0 Å². The lowest BCUT2D eigenvalue weighted by atomic mass is 10.0. The number of aliphatic hydroxyl groups excluding tert-OH is 1. The topological polar surface area (TPSA) is 46.2 Å². The first-order chi connectivity index (χ1) is 6.56. The van der Waals surface area contributed by atoms with Crippen LogP contribution in [-0.2, 0) is 0 Å². The maximum Gasteiger partial charge on any atom is 0.123 e. The molecule has 0 spiro atoms. The third kappa shape index (κ3) is 2.53. The van der Waals surface area contributed by atoms with Gasteiger partial charge in [-0.1, -0.05) is 22.9 Å². The van der Waals surface area contributed by atoms with Crippen molar-refractivity contribution in [1.29, 1.82) is 0 Å². The summed E-state index contributed by atoms with van der Waals surface area (Å²) in [5.74, 6) is -0.345. The Bertz CT molecular complexity index is 319. The molecule has 0 radical (unpaired) electrons. The van der Waals surface area contributed by atoms with E-state index in [1.807, 2.05) is 6.92 Å². The minimum Gasteiger partial charge on any atom is -0.391 e. The number of nitrogens with two attached hydrogens (primary N) is 1. The summed E-state index contributed by atoms with van der Waals surface area (Å²) >= 11 is 3.27. The Morgan fingerprint density at radius 1 is 1.57 bits per heavy atom. The minimum absolute atomic E-state index is 0.345. The molecular weight excluding hydrogens is 249 g/mol. The van der Waals surface area contributed by atoms with Crippen molar-refractivity contribution in [3.05, 3.63) is 34.1 Å². The van der Waals surface area contributed by atoms with Crippen LogP contribution in [0.2, 0.25) is 0 Å². The van der Waals surface area contributed by atoms with Crippen LogP contribution in [0.5, 0.6) is 0 Å². The molecule has 1 rings (SSSR count). The predicted octanol–water partition coefficient (Wildman–Crippen LogP) is 2.36.